The van der Waals surface area contributed by atoms with Crippen LogP contribution in [0.25, 0.3) is 0 Å². The maximum absolute atomic E-state index is 12.8. The van der Waals surface area contributed by atoms with Crippen LogP contribution in [0.2, 0.25) is 0 Å². The summed E-state index contributed by atoms with van der Waals surface area (Å²) >= 11 is 0. The Morgan fingerprint density at radius 3 is 2.27 bits per heavy atom. The number of alkyl halides is 2. The number of rotatable bonds is 1. The van der Waals surface area contributed by atoms with Gasteiger partial charge in [0.15, 0.2) is 0 Å². The van der Waals surface area contributed by atoms with Crippen molar-refractivity contribution in [2.24, 2.45) is 4.99 Å². The van der Waals surface area contributed by atoms with Crippen LogP contribution in [-0.2, 0) is 4.79 Å². The van der Waals surface area contributed by atoms with Crippen molar-refractivity contribution >= 4 is 6.08 Å². The minimum absolute atomic E-state index is 0.302. The zero-order valence-electron chi connectivity index (χ0n) is 5.96. The second-order valence-corrected chi connectivity index (χ2v) is 2.67. The number of hydrogen-bond acceptors (Lipinski definition) is 2. The smallest absolute Gasteiger partial charge is 0.235 e. The van der Waals surface area contributed by atoms with Gasteiger partial charge in [-0.2, -0.15) is 4.99 Å². The third kappa shape index (κ3) is 1.84. The van der Waals surface area contributed by atoms with Crippen LogP contribution in [0.4, 0.5) is 8.78 Å². The van der Waals surface area contributed by atoms with Crippen LogP contribution in [0.15, 0.2) is 4.99 Å². The first-order chi connectivity index (χ1) is 5.25. The van der Waals surface area contributed by atoms with Gasteiger partial charge >= 0.3 is 0 Å². The van der Waals surface area contributed by atoms with Crippen molar-refractivity contribution in [1.29, 1.82) is 0 Å². The molecule has 0 aromatic carbocycles. The lowest BCUT2D eigenvalue weighted by Gasteiger charge is -2.24. The largest absolute Gasteiger partial charge is 0.245 e. The van der Waals surface area contributed by atoms with E-state index in [1.54, 1.807) is 0 Å². The van der Waals surface area contributed by atoms with E-state index >= 15 is 0 Å². The summed E-state index contributed by atoms with van der Waals surface area (Å²) in [6, 6.07) is -1.10. The number of carbonyl (C=O) groups excluding carboxylic acids is 1. The number of isocyanates is 1. The summed E-state index contributed by atoms with van der Waals surface area (Å²) in [7, 11) is 0. The van der Waals surface area contributed by atoms with E-state index < -0.39 is 18.4 Å². The highest BCUT2D eigenvalue weighted by atomic mass is 19.1. The molecule has 2 unspecified atom stereocenters. The van der Waals surface area contributed by atoms with Gasteiger partial charge in [0.1, 0.15) is 18.4 Å². The zero-order chi connectivity index (χ0) is 8.27. The Bertz CT molecular complexity index is 169. The van der Waals surface area contributed by atoms with Gasteiger partial charge in [-0.3, -0.25) is 0 Å². The van der Waals surface area contributed by atoms with Gasteiger partial charge in [-0.1, -0.05) is 0 Å². The molecule has 4 heteroatoms. The maximum Gasteiger partial charge on any atom is 0.235 e. The molecule has 0 aliphatic heterocycles. The van der Waals surface area contributed by atoms with E-state index in [0.29, 0.717) is 19.3 Å². The normalized spacial score (nSPS) is 37.8. The second kappa shape index (κ2) is 3.58. The summed E-state index contributed by atoms with van der Waals surface area (Å²) in [6.45, 7) is 0. The molecule has 0 heterocycles. The Kier molecular flexibility index (Phi) is 2.71. The first-order valence-corrected chi connectivity index (χ1v) is 3.61. The van der Waals surface area contributed by atoms with Gasteiger partial charge in [0.05, 0.1) is 0 Å². The highest BCUT2D eigenvalue weighted by Crippen LogP contribution is 2.26. The van der Waals surface area contributed by atoms with E-state index in [1.165, 1.54) is 6.08 Å². The first kappa shape index (κ1) is 8.34. The van der Waals surface area contributed by atoms with E-state index in [9.17, 15) is 13.6 Å². The minimum atomic E-state index is -1.31. The lowest BCUT2D eigenvalue weighted by molar-refractivity contribution is 0.128. The van der Waals surface area contributed by atoms with Gasteiger partial charge < -0.3 is 0 Å². The maximum atomic E-state index is 12.8. The fourth-order valence-electron chi connectivity index (χ4n) is 1.30. The Labute approximate surface area is 63.3 Å². The van der Waals surface area contributed by atoms with Crippen LogP contribution >= 0.6 is 0 Å². The molecule has 0 aromatic rings. The summed E-state index contributed by atoms with van der Waals surface area (Å²) in [5.41, 5.74) is 0. The van der Waals surface area contributed by atoms with Crippen molar-refractivity contribution < 1.29 is 13.6 Å². The second-order valence-electron chi connectivity index (χ2n) is 2.67. The van der Waals surface area contributed by atoms with Gasteiger partial charge in [0.2, 0.25) is 6.08 Å². The van der Waals surface area contributed by atoms with E-state index in [4.69, 9.17) is 0 Å². The monoisotopic (exact) mass is 161 g/mol. The van der Waals surface area contributed by atoms with Gasteiger partial charge in [0, 0.05) is 0 Å². The van der Waals surface area contributed by atoms with Crippen LogP contribution in [0, 0.1) is 0 Å². The molecule has 0 radical (unpaired) electrons. The zero-order valence-corrected chi connectivity index (χ0v) is 5.96. The summed E-state index contributed by atoms with van der Waals surface area (Å²) < 4.78 is 25.5. The topological polar surface area (TPSA) is 29.4 Å². The molecule has 0 N–H and O–H groups in total. The SMILES string of the molecule is O=C=NC1C(F)CCCC1F. The fraction of sp³-hybridized carbons (Fsp3) is 0.857. The summed E-state index contributed by atoms with van der Waals surface area (Å²) in [5, 5.41) is 0. The predicted octanol–water partition coefficient (Wildman–Crippen LogP) is 1.55. The van der Waals surface area contributed by atoms with Crippen molar-refractivity contribution in [2.75, 3.05) is 0 Å². The standard InChI is InChI=1S/C7H9F2NO/c8-5-2-1-3-6(9)7(5)10-4-11/h5-7H,1-3H2. The number of aliphatic imine (C=N–C) groups is 1. The van der Waals surface area contributed by atoms with Crippen LogP contribution in [0.5, 0.6) is 0 Å². The average Bonchev–Trinajstić information content (AvgIpc) is 1.97. The van der Waals surface area contributed by atoms with Crippen molar-refractivity contribution in [1.82, 2.24) is 0 Å². The van der Waals surface area contributed by atoms with E-state index in [-0.39, 0.29) is 0 Å². The number of nitrogens with zero attached hydrogens (tertiary/aromatic N) is 1. The van der Waals surface area contributed by atoms with Crippen molar-refractivity contribution in [3.63, 3.8) is 0 Å². The van der Waals surface area contributed by atoms with Gasteiger partial charge in [-0.25, -0.2) is 13.6 Å². The van der Waals surface area contributed by atoms with Crippen molar-refractivity contribution in [3.05, 3.63) is 0 Å². The summed E-state index contributed by atoms with van der Waals surface area (Å²) in [5.74, 6) is 0. The quantitative estimate of drug-likeness (QED) is 0.423. The molecule has 2 atom stereocenters. The van der Waals surface area contributed by atoms with Gasteiger partial charge in [0.25, 0.3) is 0 Å². The van der Waals surface area contributed by atoms with Gasteiger partial charge in [-0.15, -0.1) is 0 Å². The molecule has 0 spiro atoms. The molecule has 2 nitrogen and oxygen atoms in total. The predicted molar refractivity (Wildman–Crippen MR) is 35.6 cm³/mol. The lowest BCUT2D eigenvalue weighted by atomic mass is 9.92. The van der Waals surface area contributed by atoms with E-state index in [1.807, 2.05) is 0 Å². The molecule has 1 saturated carbocycles. The van der Waals surface area contributed by atoms with Crippen LogP contribution in [0.3, 0.4) is 0 Å². The molecule has 0 amide bonds. The highest BCUT2D eigenvalue weighted by Gasteiger charge is 2.33. The third-order valence-corrected chi connectivity index (χ3v) is 1.90. The van der Waals surface area contributed by atoms with Crippen LogP contribution in [0.1, 0.15) is 19.3 Å². The van der Waals surface area contributed by atoms with Crippen molar-refractivity contribution in [3.8, 4) is 0 Å². The molecular weight excluding hydrogens is 152 g/mol. The number of hydrogen-bond donors (Lipinski definition) is 0. The van der Waals surface area contributed by atoms with E-state index in [2.05, 4.69) is 4.99 Å². The molecule has 0 saturated heterocycles. The van der Waals surface area contributed by atoms with Crippen LogP contribution in [-0.4, -0.2) is 24.5 Å². The molecular formula is C7H9F2NO. The Morgan fingerprint density at radius 2 is 1.82 bits per heavy atom. The molecule has 1 fully saturated rings. The highest BCUT2D eigenvalue weighted by molar-refractivity contribution is 5.34. The first-order valence-electron chi connectivity index (χ1n) is 3.61. The lowest BCUT2D eigenvalue weighted by Crippen LogP contribution is -2.34. The van der Waals surface area contributed by atoms with Crippen LogP contribution < -0.4 is 0 Å². The molecule has 1 aliphatic carbocycles. The van der Waals surface area contributed by atoms with Gasteiger partial charge in [-0.05, 0) is 19.3 Å². The molecule has 62 valence electrons. The Hall–Kier alpha value is -0.760. The molecule has 0 bridgehead atoms. The Morgan fingerprint density at radius 1 is 1.27 bits per heavy atom. The molecule has 1 aliphatic rings. The average molecular weight is 161 g/mol. The molecule has 0 aromatic heterocycles. The van der Waals surface area contributed by atoms with E-state index in [0.717, 1.165) is 0 Å². The van der Waals surface area contributed by atoms with Crippen molar-refractivity contribution in [2.45, 2.75) is 37.6 Å². The summed E-state index contributed by atoms with van der Waals surface area (Å²) in [4.78, 5) is 12.8. The molecule has 1 rings (SSSR count). The molecule has 11 heavy (non-hydrogen) atoms. The fourth-order valence-corrected chi connectivity index (χ4v) is 1.30. The third-order valence-electron chi connectivity index (χ3n) is 1.90. The number of halogens is 2. The summed E-state index contributed by atoms with van der Waals surface area (Å²) in [6.07, 6.45) is -0.279. The Balaban J connectivity index is 2.62. The minimum Gasteiger partial charge on any atom is -0.245 e.